The molecule has 0 heterocycles. The minimum atomic E-state index is -1.22. The van der Waals surface area contributed by atoms with Crippen molar-refractivity contribution in [3.05, 3.63) is 12.2 Å². The molecule has 5 nitrogen and oxygen atoms in total. The smallest absolute Gasteiger partial charge is 0.324 e. The van der Waals surface area contributed by atoms with E-state index in [1.807, 2.05) is 13.0 Å². The quantitative estimate of drug-likeness (QED) is 0.250. The summed E-state index contributed by atoms with van der Waals surface area (Å²) in [5, 5.41) is 10.8. The molecule has 144 valence electrons. The molecule has 1 saturated carbocycles. The second-order valence-corrected chi connectivity index (χ2v) is 6.89. The van der Waals surface area contributed by atoms with E-state index in [4.69, 9.17) is 9.47 Å². The predicted molar refractivity (Wildman–Crippen MR) is 96.9 cm³/mol. The third kappa shape index (κ3) is 5.56. The number of hydrogen-bond donors (Lipinski definition) is 1. The van der Waals surface area contributed by atoms with Crippen molar-refractivity contribution in [2.24, 2.45) is 11.3 Å². The third-order valence-corrected chi connectivity index (χ3v) is 4.83. The lowest BCUT2D eigenvalue weighted by atomic mass is 9.90. The topological polar surface area (TPSA) is 72.8 Å². The van der Waals surface area contributed by atoms with E-state index in [0.29, 0.717) is 19.3 Å². The summed E-state index contributed by atoms with van der Waals surface area (Å²) in [6.45, 7) is 8.07. The summed E-state index contributed by atoms with van der Waals surface area (Å²) in [6, 6.07) is 0. The second kappa shape index (κ2) is 9.95. The maximum absolute atomic E-state index is 12.3. The molecule has 0 aromatic carbocycles. The van der Waals surface area contributed by atoms with Crippen LogP contribution in [0.25, 0.3) is 0 Å². The summed E-state index contributed by atoms with van der Waals surface area (Å²) in [5.41, 5.74) is -2.10. The first kappa shape index (κ1) is 21.7. The van der Waals surface area contributed by atoms with Crippen molar-refractivity contribution in [3.8, 4) is 0 Å². The maximum Gasteiger partial charge on any atom is 0.324 e. The molecule has 0 saturated heterocycles. The lowest BCUT2D eigenvalue weighted by molar-refractivity contribution is -0.164. The van der Waals surface area contributed by atoms with Crippen LogP contribution in [0.1, 0.15) is 72.6 Å². The number of allylic oxidation sites excluding steroid dienone is 1. The molecule has 0 bridgehead atoms. The van der Waals surface area contributed by atoms with Crippen molar-refractivity contribution in [2.45, 2.75) is 78.2 Å². The van der Waals surface area contributed by atoms with Gasteiger partial charge in [-0.1, -0.05) is 51.7 Å². The van der Waals surface area contributed by atoms with Gasteiger partial charge in [0, 0.05) is 5.92 Å². The van der Waals surface area contributed by atoms with Crippen molar-refractivity contribution in [3.63, 3.8) is 0 Å². The molecule has 0 aliphatic heterocycles. The molecule has 0 radical (unpaired) electrons. The van der Waals surface area contributed by atoms with Gasteiger partial charge >= 0.3 is 11.9 Å². The summed E-state index contributed by atoms with van der Waals surface area (Å²) in [5.74, 6) is -1.30. The van der Waals surface area contributed by atoms with Gasteiger partial charge in [0.2, 0.25) is 0 Å². The van der Waals surface area contributed by atoms with E-state index in [0.717, 1.165) is 25.7 Å². The Morgan fingerprint density at radius 3 is 2.12 bits per heavy atom. The van der Waals surface area contributed by atoms with Crippen LogP contribution in [-0.4, -0.2) is 35.9 Å². The van der Waals surface area contributed by atoms with Gasteiger partial charge in [0.25, 0.3) is 0 Å². The van der Waals surface area contributed by atoms with Gasteiger partial charge in [-0.3, -0.25) is 9.59 Å². The Balaban J connectivity index is 2.85. The Hall–Kier alpha value is -1.36. The monoisotopic (exact) mass is 354 g/mol. The van der Waals surface area contributed by atoms with Crippen molar-refractivity contribution < 1.29 is 24.2 Å². The van der Waals surface area contributed by atoms with Gasteiger partial charge in [-0.05, 0) is 33.1 Å². The Bertz CT molecular complexity index is 453. The normalized spacial score (nSPS) is 20.9. The van der Waals surface area contributed by atoms with Crippen LogP contribution in [0.4, 0.5) is 0 Å². The molecule has 0 amide bonds. The van der Waals surface area contributed by atoms with Crippen molar-refractivity contribution >= 4 is 11.9 Å². The van der Waals surface area contributed by atoms with E-state index in [1.165, 1.54) is 0 Å². The van der Waals surface area contributed by atoms with Crippen LogP contribution in [0.3, 0.4) is 0 Å². The molecule has 1 aliphatic rings. The molecule has 1 aliphatic carbocycles. The molecule has 2 unspecified atom stereocenters. The fraction of sp³-hybridized carbons (Fsp3) is 0.800. The van der Waals surface area contributed by atoms with Gasteiger partial charge in [0.15, 0.2) is 5.41 Å². The zero-order chi connectivity index (χ0) is 18.9. The fourth-order valence-corrected chi connectivity index (χ4v) is 3.29. The summed E-state index contributed by atoms with van der Waals surface area (Å²) in [4.78, 5) is 24.6. The van der Waals surface area contributed by atoms with E-state index >= 15 is 0 Å². The number of rotatable bonds is 12. The predicted octanol–water partition coefficient (Wildman–Crippen LogP) is 3.79. The highest BCUT2D eigenvalue weighted by atomic mass is 16.6. The van der Waals surface area contributed by atoms with Gasteiger partial charge in [-0.2, -0.15) is 0 Å². The van der Waals surface area contributed by atoms with Crippen LogP contribution in [0, 0.1) is 11.3 Å². The van der Waals surface area contributed by atoms with Crippen LogP contribution in [-0.2, 0) is 19.1 Å². The van der Waals surface area contributed by atoms with E-state index < -0.39 is 23.0 Å². The van der Waals surface area contributed by atoms with Gasteiger partial charge in [0.05, 0.1) is 18.8 Å². The lowest BCUT2D eigenvalue weighted by Crippen LogP contribution is -2.32. The lowest BCUT2D eigenvalue weighted by Gasteiger charge is -2.24. The third-order valence-electron chi connectivity index (χ3n) is 4.83. The summed E-state index contributed by atoms with van der Waals surface area (Å²) in [6.07, 6.45) is 9.38. The fourth-order valence-electron chi connectivity index (χ4n) is 3.29. The van der Waals surface area contributed by atoms with Crippen molar-refractivity contribution in [1.82, 2.24) is 0 Å². The molecule has 1 N–H and O–H groups in total. The Labute approximate surface area is 151 Å². The van der Waals surface area contributed by atoms with Crippen LogP contribution in [0.5, 0.6) is 0 Å². The van der Waals surface area contributed by atoms with E-state index in [9.17, 15) is 14.7 Å². The Morgan fingerprint density at radius 2 is 1.64 bits per heavy atom. The van der Waals surface area contributed by atoms with Gasteiger partial charge in [-0.25, -0.2) is 0 Å². The molecular weight excluding hydrogens is 320 g/mol. The Morgan fingerprint density at radius 1 is 1.04 bits per heavy atom. The van der Waals surface area contributed by atoms with Gasteiger partial charge < -0.3 is 14.6 Å². The first-order chi connectivity index (χ1) is 11.9. The van der Waals surface area contributed by atoms with Crippen LogP contribution in [0.15, 0.2) is 12.2 Å². The Kier molecular flexibility index (Phi) is 8.63. The van der Waals surface area contributed by atoms with Gasteiger partial charge in [0.1, 0.15) is 0 Å². The minimum Gasteiger partial charge on any atom is -0.465 e. The largest absolute Gasteiger partial charge is 0.465 e. The van der Waals surface area contributed by atoms with Crippen molar-refractivity contribution in [1.29, 1.82) is 0 Å². The highest BCUT2D eigenvalue weighted by Crippen LogP contribution is 2.55. The summed E-state index contributed by atoms with van der Waals surface area (Å²) < 4.78 is 10.2. The molecule has 0 aromatic heterocycles. The zero-order valence-corrected chi connectivity index (χ0v) is 16.2. The van der Waals surface area contributed by atoms with Gasteiger partial charge in [-0.15, -0.1) is 0 Å². The van der Waals surface area contributed by atoms with Crippen LogP contribution >= 0.6 is 0 Å². The van der Waals surface area contributed by atoms with Crippen molar-refractivity contribution in [2.75, 3.05) is 13.2 Å². The SMILES string of the molecule is CCCCCC(O)(C=CC1CC1(C(=O)OCC)C(=O)OCC)CCC. The number of ether oxygens (including phenoxy) is 2. The average molecular weight is 354 g/mol. The molecule has 25 heavy (non-hydrogen) atoms. The number of unbranched alkanes of at least 4 members (excludes halogenated alkanes) is 2. The number of carbonyl (C=O) groups excluding carboxylic acids is 2. The zero-order valence-electron chi connectivity index (χ0n) is 16.2. The van der Waals surface area contributed by atoms with E-state index in [2.05, 4.69) is 6.92 Å². The van der Waals surface area contributed by atoms with E-state index in [-0.39, 0.29) is 19.1 Å². The summed E-state index contributed by atoms with van der Waals surface area (Å²) >= 11 is 0. The van der Waals surface area contributed by atoms with E-state index in [1.54, 1.807) is 19.9 Å². The highest BCUT2D eigenvalue weighted by Gasteiger charge is 2.67. The maximum atomic E-state index is 12.3. The molecule has 5 heteroatoms. The molecule has 0 aromatic rings. The number of aliphatic hydroxyl groups is 1. The number of esters is 2. The second-order valence-electron chi connectivity index (χ2n) is 6.89. The summed E-state index contributed by atoms with van der Waals surface area (Å²) in [7, 11) is 0. The molecule has 0 spiro atoms. The minimum absolute atomic E-state index is 0.229. The molecule has 1 fully saturated rings. The first-order valence-electron chi connectivity index (χ1n) is 9.66. The average Bonchev–Trinajstić information content (AvgIpc) is 3.30. The highest BCUT2D eigenvalue weighted by molar-refractivity contribution is 6.04. The standard InChI is InChI=1S/C20H34O5/c1-5-9-10-13-19(23,12-6-2)14-11-16-15-20(16,17(21)24-7-3)18(22)25-8-4/h11,14,16,23H,5-10,12-13,15H2,1-4H3. The molecule has 1 rings (SSSR count). The molecule has 2 atom stereocenters. The molecular formula is C20H34O5. The number of carbonyl (C=O) groups is 2. The van der Waals surface area contributed by atoms with Crippen LogP contribution in [0.2, 0.25) is 0 Å². The number of hydrogen-bond acceptors (Lipinski definition) is 5. The van der Waals surface area contributed by atoms with Crippen LogP contribution < -0.4 is 0 Å². The first-order valence-corrected chi connectivity index (χ1v) is 9.66.